The Kier molecular flexibility index (Phi) is 5.79. The minimum Gasteiger partial charge on any atom is -0.456 e. The maximum Gasteiger partial charge on any atom is 0.341 e. The number of halogens is 1. The monoisotopic (exact) mass is 409 g/mol. The number of carbonyl (C=O) groups is 2. The van der Waals surface area contributed by atoms with Crippen molar-refractivity contribution >= 4 is 23.3 Å². The molecule has 1 aliphatic rings. The molecule has 2 aromatic carbocycles. The highest BCUT2D eigenvalue weighted by Crippen LogP contribution is 2.37. The van der Waals surface area contributed by atoms with Crippen LogP contribution in [-0.4, -0.2) is 17.5 Å². The molecular formula is C23H24FN3O3. The quantitative estimate of drug-likeness (QED) is 0.714. The number of ether oxygens (including phenoxy) is 1. The van der Waals surface area contributed by atoms with Crippen LogP contribution in [0.4, 0.5) is 15.8 Å². The Morgan fingerprint density at radius 3 is 2.57 bits per heavy atom. The number of hydrogen-bond donors (Lipinski definition) is 2. The second kappa shape index (κ2) is 8.15. The van der Waals surface area contributed by atoms with Crippen LogP contribution in [0, 0.1) is 17.1 Å². The number of nitrogens with one attached hydrogen (secondary N) is 2. The molecule has 3 rings (SSSR count). The molecule has 0 heterocycles. The van der Waals surface area contributed by atoms with Crippen molar-refractivity contribution in [3.05, 3.63) is 58.4 Å². The van der Waals surface area contributed by atoms with Crippen LogP contribution in [0.3, 0.4) is 0 Å². The largest absolute Gasteiger partial charge is 0.456 e. The molecule has 0 spiro atoms. The van der Waals surface area contributed by atoms with Gasteiger partial charge >= 0.3 is 5.97 Å². The fourth-order valence-electron chi connectivity index (χ4n) is 3.50. The summed E-state index contributed by atoms with van der Waals surface area (Å²) in [5.41, 5.74) is 2.55. The minimum atomic E-state index is -0.707. The van der Waals surface area contributed by atoms with Gasteiger partial charge in [0.15, 0.2) is 0 Å². The second-order valence-corrected chi connectivity index (χ2v) is 8.32. The van der Waals surface area contributed by atoms with Gasteiger partial charge in [0.05, 0.1) is 22.9 Å². The fourth-order valence-corrected chi connectivity index (χ4v) is 3.50. The molecule has 1 unspecified atom stereocenters. The van der Waals surface area contributed by atoms with Crippen LogP contribution in [-0.2, 0) is 16.0 Å². The molecule has 1 aliphatic carbocycles. The van der Waals surface area contributed by atoms with Crippen molar-refractivity contribution in [2.75, 3.05) is 10.6 Å². The number of nitriles is 1. The van der Waals surface area contributed by atoms with E-state index in [-0.39, 0.29) is 17.5 Å². The highest BCUT2D eigenvalue weighted by Gasteiger charge is 2.26. The molecular weight excluding hydrogens is 385 g/mol. The number of hydrogen-bond acceptors (Lipinski definition) is 5. The van der Waals surface area contributed by atoms with E-state index < -0.39 is 17.4 Å². The second-order valence-electron chi connectivity index (χ2n) is 8.32. The van der Waals surface area contributed by atoms with Crippen LogP contribution in [0.1, 0.15) is 67.2 Å². The van der Waals surface area contributed by atoms with Crippen molar-refractivity contribution in [3.8, 4) is 6.07 Å². The van der Waals surface area contributed by atoms with Gasteiger partial charge in [-0.05, 0) is 75.1 Å². The molecule has 2 N–H and O–H groups in total. The molecule has 7 heteroatoms. The molecule has 0 aromatic heterocycles. The van der Waals surface area contributed by atoms with Crippen molar-refractivity contribution < 1.29 is 18.7 Å². The summed E-state index contributed by atoms with van der Waals surface area (Å²) in [4.78, 5) is 23.5. The SMILES string of the molecule is CC(=O)Nc1cc2c(cc1C#N)C(Nc1ccc(C(=O)OC(C)(C)C)c(F)c1)CC2. The Bertz CT molecular complexity index is 1050. The summed E-state index contributed by atoms with van der Waals surface area (Å²) >= 11 is 0. The highest BCUT2D eigenvalue weighted by atomic mass is 19.1. The minimum absolute atomic E-state index is 0.106. The maximum absolute atomic E-state index is 14.5. The molecule has 0 radical (unpaired) electrons. The van der Waals surface area contributed by atoms with E-state index in [0.717, 1.165) is 24.0 Å². The molecule has 1 atom stereocenters. The Morgan fingerprint density at radius 1 is 1.23 bits per heavy atom. The third kappa shape index (κ3) is 4.77. The predicted molar refractivity (Wildman–Crippen MR) is 112 cm³/mol. The maximum atomic E-state index is 14.5. The molecule has 0 fully saturated rings. The number of esters is 1. The predicted octanol–water partition coefficient (Wildman–Crippen LogP) is 4.71. The zero-order valence-corrected chi connectivity index (χ0v) is 17.4. The molecule has 0 aliphatic heterocycles. The molecule has 30 heavy (non-hydrogen) atoms. The van der Waals surface area contributed by atoms with Crippen LogP contribution < -0.4 is 10.6 Å². The van der Waals surface area contributed by atoms with Gasteiger partial charge in [-0.15, -0.1) is 0 Å². The number of amides is 1. The lowest BCUT2D eigenvalue weighted by Crippen LogP contribution is -2.24. The third-order valence-corrected chi connectivity index (χ3v) is 4.72. The first kappa shape index (κ1) is 21.3. The van der Waals surface area contributed by atoms with Crippen molar-refractivity contribution in [1.29, 1.82) is 5.26 Å². The van der Waals surface area contributed by atoms with Crippen LogP contribution in [0.2, 0.25) is 0 Å². The molecule has 156 valence electrons. The summed E-state index contributed by atoms with van der Waals surface area (Å²) in [6.07, 6.45) is 1.53. The zero-order valence-electron chi connectivity index (χ0n) is 17.4. The Balaban J connectivity index is 1.81. The molecule has 2 aromatic rings. The van der Waals surface area contributed by atoms with Gasteiger partial charge in [-0.2, -0.15) is 5.26 Å². The van der Waals surface area contributed by atoms with Crippen molar-refractivity contribution in [2.45, 2.75) is 52.2 Å². The van der Waals surface area contributed by atoms with E-state index in [2.05, 4.69) is 16.7 Å². The molecule has 0 saturated carbocycles. The van der Waals surface area contributed by atoms with E-state index in [1.54, 1.807) is 32.9 Å². The normalized spacial score (nSPS) is 15.1. The lowest BCUT2D eigenvalue weighted by molar-refractivity contribution is -0.114. The van der Waals surface area contributed by atoms with E-state index in [1.807, 2.05) is 6.07 Å². The van der Waals surface area contributed by atoms with Gasteiger partial charge < -0.3 is 15.4 Å². The number of aryl methyl sites for hydroxylation is 1. The average Bonchev–Trinajstić information content (AvgIpc) is 3.00. The van der Waals surface area contributed by atoms with Gasteiger partial charge in [0, 0.05) is 12.6 Å². The van der Waals surface area contributed by atoms with E-state index >= 15 is 0 Å². The molecule has 6 nitrogen and oxygen atoms in total. The number of nitrogens with zero attached hydrogens (tertiary/aromatic N) is 1. The lowest BCUT2D eigenvalue weighted by Gasteiger charge is -2.20. The summed E-state index contributed by atoms with van der Waals surface area (Å²) in [5, 5.41) is 15.4. The number of carbonyl (C=O) groups excluding carboxylic acids is 2. The number of rotatable bonds is 4. The van der Waals surface area contributed by atoms with Crippen molar-refractivity contribution in [2.24, 2.45) is 0 Å². The molecule has 1 amide bonds. The standard InChI is InChI=1S/C23H24FN3O3/c1-13(28)26-21-10-14-5-8-20(18(14)9-15(21)12-25)27-16-6-7-17(19(24)11-16)22(29)30-23(2,3)4/h6-7,9-11,20,27H,5,8H2,1-4H3,(H,26,28). The zero-order chi connectivity index (χ0) is 22.1. The van der Waals surface area contributed by atoms with E-state index in [1.165, 1.54) is 19.1 Å². The van der Waals surface area contributed by atoms with Crippen LogP contribution in [0.15, 0.2) is 30.3 Å². The topological polar surface area (TPSA) is 91.2 Å². The van der Waals surface area contributed by atoms with Crippen LogP contribution >= 0.6 is 0 Å². The van der Waals surface area contributed by atoms with Crippen LogP contribution in [0.5, 0.6) is 0 Å². The summed E-state index contributed by atoms with van der Waals surface area (Å²) in [7, 11) is 0. The average molecular weight is 409 g/mol. The first-order valence-electron chi connectivity index (χ1n) is 9.71. The van der Waals surface area contributed by atoms with Crippen LogP contribution in [0.25, 0.3) is 0 Å². The Hall–Kier alpha value is -3.40. The smallest absolute Gasteiger partial charge is 0.341 e. The van der Waals surface area contributed by atoms with Gasteiger partial charge in [0.25, 0.3) is 0 Å². The van der Waals surface area contributed by atoms with Gasteiger partial charge in [-0.1, -0.05) is 0 Å². The van der Waals surface area contributed by atoms with Gasteiger partial charge in [-0.25, -0.2) is 9.18 Å². The van der Waals surface area contributed by atoms with E-state index in [9.17, 15) is 19.2 Å². The van der Waals surface area contributed by atoms with E-state index in [0.29, 0.717) is 16.9 Å². The lowest BCUT2D eigenvalue weighted by atomic mass is 10.0. The Labute approximate surface area is 175 Å². The van der Waals surface area contributed by atoms with Gasteiger partial charge in [0.1, 0.15) is 17.5 Å². The highest BCUT2D eigenvalue weighted by molar-refractivity contribution is 5.91. The first-order valence-corrected chi connectivity index (χ1v) is 9.71. The fraction of sp³-hybridized carbons (Fsp3) is 0.348. The Morgan fingerprint density at radius 2 is 1.97 bits per heavy atom. The molecule has 0 saturated heterocycles. The number of fused-ring (bicyclic) bond motifs is 1. The third-order valence-electron chi connectivity index (χ3n) is 4.72. The summed E-state index contributed by atoms with van der Waals surface area (Å²) < 4.78 is 19.7. The summed E-state index contributed by atoms with van der Waals surface area (Å²) in [6.45, 7) is 6.57. The number of benzene rings is 2. The first-order chi connectivity index (χ1) is 14.1. The number of anilines is 2. The molecule has 0 bridgehead atoms. The van der Waals surface area contributed by atoms with Crippen molar-refractivity contribution in [1.82, 2.24) is 0 Å². The van der Waals surface area contributed by atoms with Crippen molar-refractivity contribution in [3.63, 3.8) is 0 Å². The van der Waals surface area contributed by atoms with Gasteiger partial charge in [0.2, 0.25) is 5.91 Å². The van der Waals surface area contributed by atoms with E-state index in [4.69, 9.17) is 4.74 Å². The summed E-state index contributed by atoms with van der Waals surface area (Å²) in [5.74, 6) is -1.60. The van der Waals surface area contributed by atoms with Gasteiger partial charge in [-0.3, -0.25) is 4.79 Å². The summed E-state index contributed by atoms with van der Waals surface area (Å²) in [6, 6.07) is 9.90.